The van der Waals surface area contributed by atoms with Crippen molar-refractivity contribution in [2.45, 2.75) is 38.3 Å². The van der Waals surface area contributed by atoms with Gasteiger partial charge in [0.1, 0.15) is 11.4 Å². The Morgan fingerprint density at radius 3 is 2.81 bits per heavy atom. The molecule has 1 atom stereocenters. The predicted molar refractivity (Wildman–Crippen MR) is 103 cm³/mol. The lowest BCUT2D eigenvalue weighted by Crippen LogP contribution is -2.39. The number of methoxy groups -OCH3 is 1. The third-order valence-corrected chi connectivity index (χ3v) is 5.18. The Kier molecular flexibility index (Phi) is 4.58. The zero-order chi connectivity index (χ0) is 19.0. The van der Waals surface area contributed by atoms with Gasteiger partial charge in [-0.1, -0.05) is 0 Å². The molecular weight excluding hydrogens is 342 g/mol. The molecule has 2 aromatic heterocycles. The van der Waals surface area contributed by atoms with Crippen LogP contribution in [0.2, 0.25) is 0 Å². The molecule has 140 valence electrons. The van der Waals surface area contributed by atoms with Crippen molar-refractivity contribution in [3.05, 3.63) is 54.0 Å². The quantitative estimate of drug-likeness (QED) is 0.727. The number of hydrogen-bond donors (Lipinski definition) is 2. The van der Waals surface area contributed by atoms with Gasteiger partial charge in [-0.25, -0.2) is 4.98 Å². The van der Waals surface area contributed by atoms with Gasteiger partial charge in [0, 0.05) is 35.1 Å². The van der Waals surface area contributed by atoms with Crippen LogP contribution >= 0.6 is 0 Å². The van der Waals surface area contributed by atoms with E-state index in [1.165, 1.54) is 6.42 Å². The van der Waals surface area contributed by atoms with E-state index in [2.05, 4.69) is 10.3 Å². The van der Waals surface area contributed by atoms with Crippen LogP contribution in [-0.4, -0.2) is 33.6 Å². The fraction of sp³-hybridized carbons (Fsp3) is 0.333. The highest BCUT2D eigenvalue weighted by Crippen LogP contribution is 2.36. The Balaban J connectivity index is 1.81. The molecule has 1 fully saturated rings. The highest BCUT2D eigenvalue weighted by molar-refractivity contribution is 5.97. The largest absolute Gasteiger partial charge is 0.496 e. The number of fused-ring (bicyclic) bond motifs is 1. The van der Waals surface area contributed by atoms with Crippen molar-refractivity contribution in [1.82, 2.24) is 14.7 Å². The first-order valence-electron chi connectivity index (χ1n) is 9.22. The fourth-order valence-electron chi connectivity index (χ4n) is 3.46. The number of carbonyl (C=O) groups excluding carboxylic acids is 1. The Labute approximate surface area is 157 Å². The maximum atomic E-state index is 12.6. The predicted octanol–water partition coefficient (Wildman–Crippen LogP) is 3.35. The Hall–Kier alpha value is -2.86. The van der Waals surface area contributed by atoms with Gasteiger partial charge in [0.15, 0.2) is 0 Å². The maximum Gasteiger partial charge on any atom is 0.251 e. The molecule has 1 saturated carbocycles. The van der Waals surface area contributed by atoms with E-state index in [-0.39, 0.29) is 11.9 Å². The zero-order valence-electron chi connectivity index (χ0n) is 15.5. The molecule has 0 saturated heterocycles. The molecule has 6 nitrogen and oxygen atoms in total. The molecular formula is C21H23N3O3. The van der Waals surface area contributed by atoms with Crippen molar-refractivity contribution >= 4 is 11.6 Å². The summed E-state index contributed by atoms with van der Waals surface area (Å²) in [6.45, 7) is 1.72. The van der Waals surface area contributed by atoms with Crippen molar-refractivity contribution in [3.8, 4) is 16.9 Å². The Bertz CT molecular complexity index is 990. The van der Waals surface area contributed by atoms with E-state index >= 15 is 0 Å². The number of amides is 1. The molecule has 1 aromatic carbocycles. The summed E-state index contributed by atoms with van der Waals surface area (Å²) in [5.41, 5.74) is 3.64. The molecule has 6 heteroatoms. The summed E-state index contributed by atoms with van der Waals surface area (Å²) in [7, 11) is 1.61. The van der Waals surface area contributed by atoms with Crippen LogP contribution in [0, 0.1) is 0 Å². The molecule has 1 amide bonds. The van der Waals surface area contributed by atoms with Gasteiger partial charge in [0.25, 0.3) is 5.91 Å². The summed E-state index contributed by atoms with van der Waals surface area (Å²) in [6.07, 6.45) is 6.19. The molecule has 0 radical (unpaired) electrons. The van der Waals surface area contributed by atoms with E-state index < -0.39 is 6.10 Å². The number of aliphatic hydroxyl groups excluding tert-OH is 1. The van der Waals surface area contributed by atoms with E-state index in [0.29, 0.717) is 17.0 Å². The van der Waals surface area contributed by atoms with Crippen molar-refractivity contribution in [2.24, 2.45) is 0 Å². The molecule has 1 unspecified atom stereocenters. The van der Waals surface area contributed by atoms with Crippen LogP contribution in [-0.2, 0) is 0 Å². The first kappa shape index (κ1) is 17.5. The molecule has 0 spiro atoms. The molecule has 1 aliphatic rings. The fourth-order valence-corrected chi connectivity index (χ4v) is 3.46. The molecule has 0 bridgehead atoms. The van der Waals surface area contributed by atoms with E-state index in [0.717, 1.165) is 29.7 Å². The minimum atomic E-state index is -0.647. The van der Waals surface area contributed by atoms with Gasteiger partial charge in [0.05, 0.1) is 18.9 Å². The van der Waals surface area contributed by atoms with Gasteiger partial charge in [-0.3, -0.25) is 4.79 Å². The van der Waals surface area contributed by atoms with Gasteiger partial charge >= 0.3 is 0 Å². The smallest absolute Gasteiger partial charge is 0.251 e. The molecule has 1 aliphatic carbocycles. The van der Waals surface area contributed by atoms with Gasteiger partial charge in [0.2, 0.25) is 0 Å². The van der Waals surface area contributed by atoms with Crippen LogP contribution in [0.25, 0.3) is 16.8 Å². The van der Waals surface area contributed by atoms with E-state index in [1.54, 1.807) is 32.4 Å². The van der Waals surface area contributed by atoms with Crippen molar-refractivity contribution in [3.63, 3.8) is 0 Å². The zero-order valence-corrected chi connectivity index (χ0v) is 15.5. The summed E-state index contributed by atoms with van der Waals surface area (Å²) in [4.78, 5) is 17.1. The molecule has 4 rings (SSSR count). The minimum Gasteiger partial charge on any atom is -0.496 e. The molecule has 27 heavy (non-hydrogen) atoms. The topological polar surface area (TPSA) is 75.9 Å². The van der Waals surface area contributed by atoms with Crippen molar-refractivity contribution in [2.75, 3.05) is 7.11 Å². The summed E-state index contributed by atoms with van der Waals surface area (Å²) < 4.78 is 7.40. The highest BCUT2D eigenvalue weighted by atomic mass is 16.5. The van der Waals surface area contributed by atoms with Crippen LogP contribution in [0.4, 0.5) is 0 Å². The SMILES string of the molecule is COc1ccc(C(=O)NC2CCC2)cc1-c1cc(C(C)O)n2cccnc12. The van der Waals surface area contributed by atoms with E-state index in [9.17, 15) is 9.90 Å². The number of hydrogen-bond acceptors (Lipinski definition) is 4. The second kappa shape index (κ2) is 7.04. The minimum absolute atomic E-state index is 0.0733. The highest BCUT2D eigenvalue weighted by Gasteiger charge is 2.22. The summed E-state index contributed by atoms with van der Waals surface area (Å²) in [5, 5.41) is 13.2. The van der Waals surface area contributed by atoms with E-state index in [4.69, 9.17) is 4.74 Å². The second-order valence-corrected chi connectivity index (χ2v) is 6.99. The second-order valence-electron chi connectivity index (χ2n) is 6.99. The number of aromatic nitrogens is 2. The summed E-state index contributed by atoms with van der Waals surface area (Å²) in [6, 6.07) is 9.42. The first-order valence-corrected chi connectivity index (χ1v) is 9.22. The number of rotatable bonds is 5. The number of carbonyl (C=O) groups is 1. The number of aliphatic hydroxyl groups is 1. The Morgan fingerprint density at radius 2 is 2.15 bits per heavy atom. The maximum absolute atomic E-state index is 12.6. The van der Waals surface area contributed by atoms with Crippen molar-refractivity contribution in [1.29, 1.82) is 0 Å². The van der Waals surface area contributed by atoms with Gasteiger partial charge in [-0.05, 0) is 56.5 Å². The number of ether oxygens (including phenoxy) is 1. The molecule has 0 aliphatic heterocycles. The van der Waals surface area contributed by atoms with E-state index in [1.807, 2.05) is 28.8 Å². The Morgan fingerprint density at radius 1 is 1.33 bits per heavy atom. The van der Waals surface area contributed by atoms with Crippen molar-refractivity contribution < 1.29 is 14.6 Å². The molecule has 2 heterocycles. The third kappa shape index (κ3) is 3.17. The van der Waals surface area contributed by atoms with Gasteiger partial charge in [-0.2, -0.15) is 0 Å². The van der Waals surface area contributed by atoms with Crippen LogP contribution in [0.3, 0.4) is 0 Å². The van der Waals surface area contributed by atoms with Crippen LogP contribution < -0.4 is 10.1 Å². The standard InChI is InChI=1S/C21H23N3O3/c1-13(25)18-12-17(20-22-9-4-10-24(18)20)16-11-14(7-8-19(16)27-2)21(26)23-15-5-3-6-15/h4,7-13,15,25H,3,5-6H2,1-2H3,(H,23,26). The van der Waals surface area contributed by atoms with Gasteiger partial charge < -0.3 is 19.6 Å². The molecule has 3 aromatic rings. The van der Waals surface area contributed by atoms with Crippen LogP contribution in [0.15, 0.2) is 42.7 Å². The monoisotopic (exact) mass is 365 g/mol. The average molecular weight is 365 g/mol. The number of benzene rings is 1. The molecule has 2 N–H and O–H groups in total. The number of nitrogens with one attached hydrogen (secondary N) is 1. The van der Waals surface area contributed by atoms with Crippen LogP contribution in [0.1, 0.15) is 48.3 Å². The summed E-state index contributed by atoms with van der Waals surface area (Å²) in [5.74, 6) is 0.585. The van der Waals surface area contributed by atoms with Gasteiger partial charge in [-0.15, -0.1) is 0 Å². The normalized spacial score (nSPS) is 15.4. The van der Waals surface area contributed by atoms with Crippen LogP contribution in [0.5, 0.6) is 5.75 Å². The number of nitrogens with zero attached hydrogens (tertiary/aromatic N) is 2. The lowest BCUT2D eigenvalue weighted by atomic mass is 9.93. The lowest BCUT2D eigenvalue weighted by Gasteiger charge is -2.26. The third-order valence-electron chi connectivity index (χ3n) is 5.18. The first-order chi connectivity index (χ1) is 13.1. The lowest BCUT2D eigenvalue weighted by molar-refractivity contribution is 0.0917. The average Bonchev–Trinajstić information content (AvgIpc) is 3.04. The summed E-state index contributed by atoms with van der Waals surface area (Å²) >= 11 is 0.